The number of anilines is 1. The third-order valence-electron chi connectivity index (χ3n) is 1.85. The van der Waals surface area contributed by atoms with Crippen LogP contribution in [0.4, 0.5) is 5.69 Å². The van der Waals surface area contributed by atoms with Gasteiger partial charge in [-0.15, -0.1) is 0 Å². The van der Waals surface area contributed by atoms with Crippen molar-refractivity contribution in [1.82, 2.24) is 14.8 Å². The monoisotopic (exact) mass is 174 g/mol. The predicted molar refractivity (Wildman–Crippen MR) is 50.5 cm³/mol. The Morgan fingerprint density at radius 1 is 1.31 bits per heavy atom. The minimum Gasteiger partial charge on any atom is -0.396 e. The fourth-order valence-electron chi connectivity index (χ4n) is 1.18. The van der Waals surface area contributed by atoms with Gasteiger partial charge in [-0.05, 0) is 25.1 Å². The molecule has 0 atom stereocenters. The van der Waals surface area contributed by atoms with Gasteiger partial charge >= 0.3 is 0 Å². The molecule has 0 saturated carbocycles. The second-order valence-corrected chi connectivity index (χ2v) is 2.80. The molecule has 0 saturated heterocycles. The fourth-order valence-corrected chi connectivity index (χ4v) is 1.18. The Morgan fingerprint density at radius 2 is 2.15 bits per heavy atom. The van der Waals surface area contributed by atoms with Gasteiger partial charge in [-0.3, -0.25) is 0 Å². The van der Waals surface area contributed by atoms with Crippen molar-refractivity contribution in [3.8, 4) is 5.82 Å². The van der Waals surface area contributed by atoms with E-state index in [1.165, 1.54) is 0 Å². The van der Waals surface area contributed by atoms with E-state index < -0.39 is 0 Å². The van der Waals surface area contributed by atoms with Crippen molar-refractivity contribution in [3.63, 3.8) is 0 Å². The molecular formula is C9H10N4. The molecule has 66 valence electrons. The van der Waals surface area contributed by atoms with Crippen molar-refractivity contribution in [2.75, 3.05) is 5.73 Å². The number of nitrogens with zero attached hydrogens (tertiary/aromatic N) is 3. The summed E-state index contributed by atoms with van der Waals surface area (Å²) in [7, 11) is 0. The van der Waals surface area contributed by atoms with Crippen LogP contribution in [0.5, 0.6) is 0 Å². The summed E-state index contributed by atoms with van der Waals surface area (Å²) in [6.45, 7) is 1.96. The van der Waals surface area contributed by atoms with E-state index in [0.29, 0.717) is 11.5 Å². The van der Waals surface area contributed by atoms with Gasteiger partial charge in [0.05, 0.1) is 5.69 Å². The average Bonchev–Trinajstić information content (AvgIpc) is 2.52. The Balaban J connectivity index is 2.59. The van der Waals surface area contributed by atoms with Gasteiger partial charge in [0.25, 0.3) is 0 Å². The summed E-state index contributed by atoms with van der Waals surface area (Å²) < 4.78 is 1.72. The van der Waals surface area contributed by atoms with Gasteiger partial charge in [0.1, 0.15) is 0 Å². The van der Waals surface area contributed by atoms with Crippen molar-refractivity contribution in [3.05, 3.63) is 36.3 Å². The van der Waals surface area contributed by atoms with Gasteiger partial charge in [0.2, 0.25) is 0 Å². The molecule has 2 aromatic heterocycles. The first-order valence-corrected chi connectivity index (χ1v) is 4.00. The Morgan fingerprint density at radius 3 is 2.77 bits per heavy atom. The molecule has 0 aliphatic carbocycles. The summed E-state index contributed by atoms with van der Waals surface area (Å²) in [6, 6.07) is 5.52. The van der Waals surface area contributed by atoms with E-state index in [1.807, 2.05) is 19.1 Å². The Hall–Kier alpha value is -1.84. The Labute approximate surface area is 76.0 Å². The highest BCUT2D eigenvalue weighted by Crippen LogP contribution is 2.13. The lowest BCUT2D eigenvalue weighted by atomic mass is 10.4. The molecule has 4 heteroatoms. The number of nitrogen functional groups attached to an aromatic ring is 1. The molecule has 0 fully saturated rings. The van der Waals surface area contributed by atoms with Crippen molar-refractivity contribution in [1.29, 1.82) is 0 Å². The predicted octanol–water partition coefficient (Wildman–Crippen LogP) is 1.16. The second-order valence-electron chi connectivity index (χ2n) is 2.80. The first-order valence-electron chi connectivity index (χ1n) is 4.00. The highest BCUT2D eigenvalue weighted by atomic mass is 15.3. The molecule has 2 heterocycles. The van der Waals surface area contributed by atoms with Crippen LogP contribution < -0.4 is 5.73 Å². The van der Waals surface area contributed by atoms with Crippen LogP contribution in [0.15, 0.2) is 30.6 Å². The minimum absolute atomic E-state index is 0.634. The molecule has 0 aromatic carbocycles. The standard InChI is InChI=1S/C9H10N4/c1-7-4-6-12-13(7)9-8(10)3-2-5-11-9/h2-6H,10H2,1H3. The SMILES string of the molecule is Cc1ccnn1-c1ncccc1N. The van der Waals surface area contributed by atoms with Crippen LogP contribution in [0.1, 0.15) is 5.69 Å². The van der Waals surface area contributed by atoms with Crippen molar-refractivity contribution in [2.24, 2.45) is 0 Å². The van der Waals surface area contributed by atoms with Gasteiger partial charge in [-0.2, -0.15) is 5.10 Å². The molecule has 2 N–H and O–H groups in total. The Kier molecular flexibility index (Phi) is 1.73. The van der Waals surface area contributed by atoms with E-state index in [9.17, 15) is 0 Å². The molecule has 0 spiro atoms. The highest BCUT2D eigenvalue weighted by molar-refractivity contribution is 5.52. The number of nitrogens with two attached hydrogens (primary N) is 1. The molecule has 0 unspecified atom stereocenters. The minimum atomic E-state index is 0.634. The molecular weight excluding hydrogens is 164 g/mol. The summed E-state index contributed by atoms with van der Waals surface area (Å²) in [6.07, 6.45) is 3.43. The van der Waals surface area contributed by atoms with E-state index >= 15 is 0 Å². The summed E-state index contributed by atoms with van der Waals surface area (Å²) in [5.74, 6) is 0.685. The summed E-state index contributed by atoms with van der Waals surface area (Å²) in [5.41, 5.74) is 7.41. The average molecular weight is 174 g/mol. The summed E-state index contributed by atoms with van der Waals surface area (Å²) >= 11 is 0. The maximum absolute atomic E-state index is 5.76. The van der Waals surface area contributed by atoms with Crippen LogP contribution in [0.25, 0.3) is 5.82 Å². The third kappa shape index (κ3) is 1.26. The maximum atomic E-state index is 5.76. The lowest BCUT2D eigenvalue weighted by Gasteiger charge is -2.04. The smallest absolute Gasteiger partial charge is 0.176 e. The van der Waals surface area contributed by atoms with Crippen LogP contribution in [0, 0.1) is 6.92 Å². The molecule has 2 aromatic rings. The van der Waals surface area contributed by atoms with E-state index in [0.717, 1.165) is 5.69 Å². The normalized spacial score (nSPS) is 10.2. The van der Waals surface area contributed by atoms with Gasteiger partial charge in [-0.25, -0.2) is 9.67 Å². The second kappa shape index (κ2) is 2.90. The molecule has 0 bridgehead atoms. The topological polar surface area (TPSA) is 56.7 Å². The number of pyridine rings is 1. The zero-order chi connectivity index (χ0) is 9.26. The molecule has 0 amide bonds. The quantitative estimate of drug-likeness (QED) is 0.705. The first-order chi connectivity index (χ1) is 6.29. The highest BCUT2D eigenvalue weighted by Gasteiger charge is 2.04. The Bertz CT molecular complexity index is 419. The molecule has 0 aliphatic heterocycles. The van der Waals surface area contributed by atoms with Crippen LogP contribution in [0.2, 0.25) is 0 Å². The zero-order valence-corrected chi connectivity index (χ0v) is 7.31. The third-order valence-corrected chi connectivity index (χ3v) is 1.85. The molecule has 0 radical (unpaired) electrons. The largest absolute Gasteiger partial charge is 0.396 e. The maximum Gasteiger partial charge on any atom is 0.176 e. The lowest BCUT2D eigenvalue weighted by Crippen LogP contribution is -2.04. The zero-order valence-electron chi connectivity index (χ0n) is 7.31. The lowest BCUT2D eigenvalue weighted by molar-refractivity contribution is 0.820. The molecule has 2 rings (SSSR count). The number of rotatable bonds is 1. The molecule has 4 nitrogen and oxygen atoms in total. The number of aromatic nitrogens is 3. The van der Waals surface area contributed by atoms with Gasteiger partial charge in [-0.1, -0.05) is 0 Å². The van der Waals surface area contributed by atoms with E-state index in [4.69, 9.17) is 5.73 Å². The van der Waals surface area contributed by atoms with Crippen LogP contribution in [0.3, 0.4) is 0 Å². The number of hydrogen-bond donors (Lipinski definition) is 1. The first kappa shape index (κ1) is 7.79. The van der Waals surface area contributed by atoms with Crippen molar-refractivity contribution >= 4 is 5.69 Å². The van der Waals surface area contributed by atoms with E-state index in [1.54, 1.807) is 23.1 Å². The number of aryl methyl sites for hydroxylation is 1. The van der Waals surface area contributed by atoms with Crippen molar-refractivity contribution in [2.45, 2.75) is 6.92 Å². The molecule has 0 aliphatic rings. The summed E-state index contributed by atoms with van der Waals surface area (Å²) in [5, 5.41) is 4.12. The van der Waals surface area contributed by atoms with E-state index in [-0.39, 0.29) is 0 Å². The summed E-state index contributed by atoms with van der Waals surface area (Å²) in [4.78, 5) is 4.16. The van der Waals surface area contributed by atoms with Crippen LogP contribution in [-0.4, -0.2) is 14.8 Å². The van der Waals surface area contributed by atoms with Gasteiger partial charge in [0, 0.05) is 18.1 Å². The van der Waals surface area contributed by atoms with Gasteiger partial charge in [0.15, 0.2) is 5.82 Å². The van der Waals surface area contributed by atoms with E-state index in [2.05, 4.69) is 10.1 Å². The van der Waals surface area contributed by atoms with Gasteiger partial charge < -0.3 is 5.73 Å². The van der Waals surface area contributed by atoms with Crippen molar-refractivity contribution < 1.29 is 0 Å². The van der Waals surface area contributed by atoms with Crippen LogP contribution in [-0.2, 0) is 0 Å². The molecule has 13 heavy (non-hydrogen) atoms. The van der Waals surface area contributed by atoms with Crippen LogP contribution >= 0.6 is 0 Å². The fraction of sp³-hybridized carbons (Fsp3) is 0.111. The number of hydrogen-bond acceptors (Lipinski definition) is 3.